The number of aliphatic hydroxyl groups is 1. The molecule has 9 heteroatoms. The zero-order valence-electron chi connectivity index (χ0n) is 11.4. The van der Waals surface area contributed by atoms with E-state index in [1.54, 1.807) is 12.3 Å². The fraction of sp³-hybridized carbons (Fsp3) is 0.667. The molecule has 0 aromatic carbocycles. The molecule has 1 fully saturated rings. The fourth-order valence-electron chi connectivity index (χ4n) is 2.50. The molecule has 1 unspecified atom stereocenters. The van der Waals surface area contributed by atoms with Gasteiger partial charge < -0.3 is 5.11 Å². The van der Waals surface area contributed by atoms with E-state index in [1.807, 2.05) is 0 Å². The molecule has 1 aliphatic heterocycles. The Morgan fingerprint density at radius 1 is 1.48 bits per heavy atom. The lowest BCUT2D eigenvalue weighted by Gasteiger charge is -2.33. The lowest BCUT2D eigenvalue weighted by atomic mass is 9.99. The van der Waals surface area contributed by atoms with Gasteiger partial charge in [-0.3, -0.25) is 0 Å². The lowest BCUT2D eigenvalue weighted by molar-refractivity contribution is -0.182. The van der Waals surface area contributed by atoms with E-state index in [2.05, 4.69) is 0 Å². The third-order valence-electron chi connectivity index (χ3n) is 3.58. The molecule has 1 N–H and O–H groups in total. The van der Waals surface area contributed by atoms with Crippen molar-refractivity contribution >= 4 is 21.4 Å². The smallest absolute Gasteiger partial charge is 0.391 e. The molecule has 1 saturated heterocycles. The van der Waals surface area contributed by atoms with Gasteiger partial charge >= 0.3 is 6.18 Å². The first-order valence-corrected chi connectivity index (χ1v) is 8.74. The molecule has 0 amide bonds. The van der Waals surface area contributed by atoms with E-state index in [1.165, 1.54) is 0 Å². The average Bonchev–Trinajstić information content (AvgIpc) is 2.79. The normalized spacial score (nSPS) is 21.7. The maximum atomic E-state index is 12.8. The number of aliphatic hydroxyl groups excluding tert-OH is 1. The van der Waals surface area contributed by atoms with Gasteiger partial charge in [-0.15, -0.1) is 11.3 Å². The second-order valence-electron chi connectivity index (χ2n) is 5.07. The number of aryl methyl sites for hydroxylation is 1. The van der Waals surface area contributed by atoms with Gasteiger partial charge in [0.05, 0.1) is 17.4 Å². The Morgan fingerprint density at radius 2 is 2.14 bits per heavy atom. The maximum absolute atomic E-state index is 12.8. The Hall–Kier alpha value is -0.640. The van der Waals surface area contributed by atoms with Crippen LogP contribution in [0.15, 0.2) is 10.3 Å². The van der Waals surface area contributed by atoms with Crippen molar-refractivity contribution in [3.63, 3.8) is 0 Å². The van der Waals surface area contributed by atoms with E-state index in [0.717, 1.165) is 15.6 Å². The number of hydrogen-bond acceptors (Lipinski definition) is 4. The van der Waals surface area contributed by atoms with E-state index in [4.69, 9.17) is 0 Å². The first kappa shape index (κ1) is 16.7. The molecule has 21 heavy (non-hydrogen) atoms. The Morgan fingerprint density at radius 3 is 2.71 bits per heavy atom. The molecule has 1 aromatic rings. The largest absolute Gasteiger partial charge is 0.393 e. The van der Waals surface area contributed by atoms with E-state index in [-0.39, 0.29) is 29.2 Å². The second kappa shape index (κ2) is 5.86. The van der Waals surface area contributed by atoms with E-state index in [9.17, 15) is 26.7 Å². The van der Waals surface area contributed by atoms with Crippen molar-refractivity contribution in [3.05, 3.63) is 15.8 Å². The summed E-state index contributed by atoms with van der Waals surface area (Å²) in [5.41, 5.74) is 0.457. The molecule has 4 nitrogen and oxygen atoms in total. The lowest BCUT2D eigenvalue weighted by Crippen LogP contribution is -2.44. The maximum Gasteiger partial charge on any atom is 0.393 e. The van der Waals surface area contributed by atoms with Gasteiger partial charge in [0.25, 0.3) is 0 Å². The number of nitrogens with zero attached hydrogens (tertiary/aromatic N) is 1. The Balaban J connectivity index is 2.33. The van der Waals surface area contributed by atoms with Crippen molar-refractivity contribution in [1.29, 1.82) is 0 Å². The zero-order valence-corrected chi connectivity index (χ0v) is 13.0. The van der Waals surface area contributed by atoms with Crippen LogP contribution < -0.4 is 0 Å². The minimum atomic E-state index is -4.39. The molecule has 0 spiro atoms. The van der Waals surface area contributed by atoms with Gasteiger partial charge in [-0.2, -0.15) is 17.5 Å². The molecular formula is C12H16F3NO3S2. The van der Waals surface area contributed by atoms with Gasteiger partial charge in [-0.1, -0.05) is 0 Å². The molecule has 0 radical (unpaired) electrons. The summed E-state index contributed by atoms with van der Waals surface area (Å²) in [6, 6.07) is 0. The molecule has 1 atom stereocenters. The molecule has 0 aliphatic carbocycles. The summed E-state index contributed by atoms with van der Waals surface area (Å²) in [4.78, 5) is 0.222. The zero-order chi connectivity index (χ0) is 15.8. The van der Waals surface area contributed by atoms with Gasteiger partial charge in [-0.05, 0) is 30.7 Å². The Bertz CT molecular complexity index is 610. The van der Waals surface area contributed by atoms with Crippen LogP contribution >= 0.6 is 11.3 Å². The minimum absolute atomic E-state index is 0.0437. The van der Waals surface area contributed by atoms with Crippen LogP contribution in [0.2, 0.25) is 0 Å². The van der Waals surface area contributed by atoms with Gasteiger partial charge in [0, 0.05) is 13.1 Å². The number of alkyl halides is 3. The van der Waals surface area contributed by atoms with Crippen LogP contribution in [0.1, 0.15) is 23.3 Å². The standard InChI is InChI=1S/C12H16F3NO3S2/c1-8-7-20-10(6-17)11(8)21(18,19)16-4-2-3-9(5-16)12(13,14)15/h7,9,17H,2-6H2,1H3. The Labute approximate surface area is 125 Å². The molecule has 1 aromatic heterocycles. The monoisotopic (exact) mass is 343 g/mol. The summed E-state index contributed by atoms with van der Waals surface area (Å²) in [6.07, 6.45) is -4.26. The topological polar surface area (TPSA) is 57.6 Å². The molecule has 2 heterocycles. The molecule has 1 aliphatic rings. The first-order valence-electron chi connectivity index (χ1n) is 6.42. The number of thiophene rings is 1. The summed E-state index contributed by atoms with van der Waals surface area (Å²) in [5, 5.41) is 10.8. The summed E-state index contributed by atoms with van der Waals surface area (Å²) >= 11 is 1.10. The highest BCUT2D eigenvalue weighted by molar-refractivity contribution is 7.89. The third kappa shape index (κ3) is 3.25. The first-order chi connectivity index (χ1) is 9.67. The molecular weight excluding hydrogens is 327 g/mol. The number of halogens is 3. The fourth-order valence-corrected chi connectivity index (χ4v) is 5.64. The van der Waals surface area contributed by atoms with E-state index >= 15 is 0 Å². The molecule has 120 valence electrons. The predicted octanol–water partition coefficient (Wildman–Crippen LogP) is 2.51. The van der Waals surface area contributed by atoms with Crippen molar-refractivity contribution < 1.29 is 26.7 Å². The number of hydrogen-bond donors (Lipinski definition) is 1. The van der Waals surface area contributed by atoms with Crippen molar-refractivity contribution in [3.8, 4) is 0 Å². The van der Waals surface area contributed by atoms with Gasteiger partial charge in [0.1, 0.15) is 4.90 Å². The summed E-state index contributed by atoms with van der Waals surface area (Å²) < 4.78 is 64.5. The van der Waals surface area contributed by atoms with E-state index in [0.29, 0.717) is 5.56 Å². The SMILES string of the molecule is Cc1csc(CO)c1S(=O)(=O)N1CCCC(C(F)(F)F)C1. The summed E-state index contributed by atoms with van der Waals surface area (Å²) in [5.74, 6) is -1.63. The van der Waals surface area contributed by atoms with Crippen LogP contribution in [0, 0.1) is 12.8 Å². The predicted molar refractivity (Wildman–Crippen MR) is 72.5 cm³/mol. The Kier molecular flexibility index (Phi) is 4.67. The number of piperidine rings is 1. The highest BCUT2D eigenvalue weighted by atomic mass is 32.2. The summed E-state index contributed by atoms with van der Waals surface area (Å²) in [6.45, 7) is 0.665. The van der Waals surface area contributed by atoms with Gasteiger partial charge in [-0.25, -0.2) is 8.42 Å². The summed E-state index contributed by atoms with van der Waals surface area (Å²) in [7, 11) is -4.00. The third-order valence-corrected chi connectivity index (χ3v) is 6.89. The minimum Gasteiger partial charge on any atom is -0.391 e. The average molecular weight is 343 g/mol. The van der Waals surface area contributed by atoms with Crippen LogP contribution in [0.5, 0.6) is 0 Å². The van der Waals surface area contributed by atoms with Gasteiger partial charge in [0.2, 0.25) is 10.0 Å². The van der Waals surface area contributed by atoms with Crippen LogP contribution in [0.3, 0.4) is 0 Å². The van der Waals surface area contributed by atoms with E-state index < -0.39 is 35.3 Å². The van der Waals surface area contributed by atoms with Crippen LogP contribution in [0.25, 0.3) is 0 Å². The highest BCUT2D eigenvalue weighted by Crippen LogP contribution is 2.37. The quantitative estimate of drug-likeness (QED) is 0.917. The van der Waals surface area contributed by atoms with Gasteiger partial charge in [0.15, 0.2) is 0 Å². The number of rotatable bonds is 3. The molecule has 0 bridgehead atoms. The highest BCUT2D eigenvalue weighted by Gasteiger charge is 2.44. The number of sulfonamides is 1. The van der Waals surface area contributed by atoms with Crippen molar-refractivity contribution in [2.75, 3.05) is 13.1 Å². The molecule has 0 saturated carbocycles. The van der Waals surface area contributed by atoms with Crippen LogP contribution in [-0.2, 0) is 16.6 Å². The van der Waals surface area contributed by atoms with Crippen LogP contribution in [-0.4, -0.2) is 37.1 Å². The van der Waals surface area contributed by atoms with Crippen molar-refractivity contribution in [2.24, 2.45) is 5.92 Å². The van der Waals surface area contributed by atoms with Crippen molar-refractivity contribution in [1.82, 2.24) is 4.31 Å². The van der Waals surface area contributed by atoms with Crippen molar-refractivity contribution in [2.45, 2.75) is 37.4 Å². The second-order valence-corrected chi connectivity index (χ2v) is 7.91. The van der Waals surface area contributed by atoms with Crippen LogP contribution in [0.4, 0.5) is 13.2 Å². The molecule has 2 rings (SSSR count).